The molecule has 3 aromatic carbocycles. The third-order valence-electron chi connectivity index (χ3n) is 4.97. The summed E-state index contributed by atoms with van der Waals surface area (Å²) in [4.78, 5) is 12.2. The highest BCUT2D eigenvalue weighted by Gasteiger charge is 2.19. The molecule has 1 heterocycles. The van der Waals surface area contributed by atoms with E-state index in [4.69, 9.17) is 4.74 Å². The molecule has 0 aliphatic carbocycles. The normalized spacial score (nSPS) is 11.7. The summed E-state index contributed by atoms with van der Waals surface area (Å²) in [6.45, 7) is 5.68. The predicted molar refractivity (Wildman–Crippen MR) is 118 cm³/mol. The lowest BCUT2D eigenvalue weighted by Gasteiger charge is -2.10. The van der Waals surface area contributed by atoms with Crippen LogP contribution in [0.4, 0.5) is 5.69 Å². The average Bonchev–Trinajstić information content (AvgIpc) is 3.01. The summed E-state index contributed by atoms with van der Waals surface area (Å²) in [5, 5.41) is 21.4. The maximum atomic E-state index is 12.2. The van der Waals surface area contributed by atoms with Gasteiger partial charge < -0.3 is 14.4 Å². The lowest BCUT2D eigenvalue weighted by molar-refractivity contribution is -0.120. The van der Waals surface area contributed by atoms with Crippen molar-refractivity contribution in [1.29, 1.82) is 0 Å². The van der Waals surface area contributed by atoms with Crippen molar-refractivity contribution in [2.75, 3.05) is 6.61 Å². The van der Waals surface area contributed by atoms with Gasteiger partial charge in [-0.3, -0.25) is 4.79 Å². The van der Waals surface area contributed by atoms with Gasteiger partial charge in [-0.2, -0.15) is 0 Å². The van der Waals surface area contributed by atoms with E-state index in [9.17, 15) is 9.90 Å². The first-order chi connectivity index (χ1) is 14.4. The second-order valence-electron chi connectivity index (χ2n) is 7.55. The molecule has 0 saturated carbocycles. The molecule has 30 heavy (non-hydrogen) atoms. The average molecular weight is 401 g/mol. The van der Waals surface area contributed by atoms with Gasteiger partial charge >= 0.3 is 5.91 Å². The van der Waals surface area contributed by atoms with E-state index in [-0.39, 0.29) is 18.5 Å². The third-order valence-corrected chi connectivity index (χ3v) is 4.97. The van der Waals surface area contributed by atoms with E-state index < -0.39 is 5.91 Å². The Hall–Kier alpha value is -3.67. The second kappa shape index (κ2) is 7.99. The number of carbonyl (C=O) groups excluding carboxylic acids is 1. The molecule has 0 aliphatic heterocycles. The number of nitrogens with zero attached hydrogens (tertiary/aromatic N) is 3. The first-order valence-corrected chi connectivity index (χ1v) is 9.83. The molecule has 1 aromatic heterocycles. The number of hydrogen-bond acceptors (Lipinski definition) is 4. The first kappa shape index (κ1) is 19.6. The Morgan fingerprint density at radius 3 is 2.60 bits per heavy atom. The minimum absolute atomic E-state index is 0.00222. The van der Waals surface area contributed by atoms with Crippen molar-refractivity contribution in [2.24, 2.45) is 10.2 Å². The number of amides is 1. The Balaban J connectivity index is 1.54. The van der Waals surface area contributed by atoms with Crippen LogP contribution >= 0.6 is 0 Å². The number of rotatable bonds is 5. The Morgan fingerprint density at radius 1 is 1.07 bits per heavy atom. The maximum Gasteiger partial charge on any atom is 0.302 e. The fourth-order valence-corrected chi connectivity index (χ4v) is 3.56. The molecule has 152 valence electrons. The molecule has 6 nitrogen and oxygen atoms in total. The van der Waals surface area contributed by atoms with Crippen molar-refractivity contribution >= 4 is 33.3 Å². The molecule has 0 fully saturated rings. The lowest BCUT2D eigenvalue weighted by Crippen LogP contribution is -2.07. The first-order valence-electron chi connectivity index (χ1n) is 9.83. The molecule has 1 N–H and O–H groups in total. The molecule has 0 spiro atoms. The van der Waals surface area contributed by atoms with Crippen LogP contribution in [0, 0.1) is 6.92 Å². The van der Waals surface area contributed by atoms with E-state index >= 15 is 0 Å². The number of ether oxygens (including phenoxy) is 1. The van der Waals surface area contributed by atoms with Gasteiger partial charge in [-0.15, -0.1) is 10.2 Å². The fraction of sp³-hybridized carbons (Fsp3) is 0.208. The smallest absolute Gasteiger partial charge is 0.302 e. The third kappa shape index (κ3) is 3.76. The standard InChI is InChI=1S/C24H23N3O3/c1-15(2)27-21-11-8-16(3)12-20(21)23(24(27)29)26-25-22(28)14-30-19-10-9-17-6-4-5-7-18(17)13-19/h4-13,15,29H,14H2,1-3H3. The zero-order valence-corrected chi connectivity index (χ0v) is 17.2. The van der Waals surface area contributed by atoms with Gasteiger partial charge in [0.15, 0.2) is 12.3 Å². The van der Waals surface area contributed by atoms with E-state index in [2.05, 4.69) is 10.2 Å². The highest BCUT2D eigenvalue weighted by atomic mass is 16.5. The van der Waals surface area contributed by atoms with Crippen molar-refractivity contribution in [1.82, 2.24) is 4.57 Å². The zero-order valence-electron chi connectivity index (χ0n) is 17.2. The topological polar surface area (TPSA) is 76.2 Å². The summed E-state index contributed by atoms with van der Waals surface area (Å²) in [6, 6.07) is 19.4. The van der Waals surface area contributed by atoms with Gasteiger partial charge in [0.2, 0.25) is 5.88 Å². The summed E-state index contributed by atoms with van der Waals surface area (Å²) >= 11 is 0. The van der Waals surface area contributed by atoms with Crippen LogP contribution < -0.4 is 4.74 Å². The van der Waals surface area contributed by atoms with Crippen molar-refractivity contribution in [2.45, 2.75) is 26.8 Å². The van der Waals surface area contributed by atoms with Crippen molar-refractivity contribution in [3.05, 3.63) is 66.2 Å². The number of benzene rings is 3. The van der Waals surface area contributed by atoms with Crippen LogP contribution in [-0.2, 0) is 4.79 Å². The van der Waals surface area contributed by atoms with Crippen LogP contribution in [0.1, 0.15) is 25.5 Å². The summed E-state index contributed by atoms with van der Waals surface area (Å²) in [6.07, 6.45) is 0. The maximum absolute atomic E-state index is 12.2. The molecule has 0 atom stereocenters. The van der Waals surface area contributed by atoms with Gasteiger partial charge in [0.25, 0.3) is 0 Å². The van der Waals surface area contributed by atoms with Crippen LogP contribution in [0.5, 0.6) is 11.6 Å². The summed E-state index contributed by atoms with van der Waals surface area (Å²) < 4.78 is 7.35. The van der Waals surface area contributed by atoms with Gasteiger partial charge in [-0.25, -0.2) is 0 Å². The van der Waals surface area contributed by atoms with Gasteiger partial charge in [0.1, 0.15) is 5.75 Å². The van der Waals surface area contributed by atoms with Crippen molar-refractivity contribution in [3.8, 4) is 11.6 Å². The number of hydrogen-bond donors (Lipinski definition) is 1. The van der Waals surface area contributed by atoms with E-state index in [1.165, 1.54) is 0 Å². The molecule has 0 bridgehead atoms. The monoisotopic (exact) mass is 401 g/mol. The van der Waals surface area contributed by atoms with Crippen LogP contribution in [0.15, 0.2) is 70.9 Å². The molecule has 0 unspecified atom stereocenters. The number of carbonyl (C=O) groups is 1. The molecular weight excluding hydrogens is 378 g/mol. The van der Waals surface area contributed by atoms with E-state index in [1.54, 1.807) is 4.57 Å². The fourth-order valence-electron chi connectivity index (χ4n) is 3.56. The molecule has 0 saturated heterocycles. The number of aromatic hydroxyl groups is 1. The van der Waals surface area contributed by atoms with Gasteiger partial charge in [-0.1, -0.05) is 42.0 Å². The molecule has 4 aromatic rings. The summed E-state index contributed by atoms with van der Waals surface area (Å²) in [7, 11) is 0. The zero-order chi connectivity index (χ0) is 21.3. The highest BCUT2D eigenvalue weighted by Crippen LogP contribution is 2.41. The predicted octanol–water partition coefficient (Wildman–Crippen LogP) is 6.08. The number of aryl methyl sites for hydroxylation is 1. The van der Waals surface area contributed by atoms with Crippen LogP contribution in [0.2, 0.25) is 0 Å². The van der Waals surface area contributed by atoms with Crippen molar-refractivity contribution in [3.63, 3.8) is 0 Å². The van der Waals surface area contributed by atoms with Gasteiger partial charge in [0.05, 0.1) is 5.52 Å². The molecule has 0 radical (unpaired) electrons. The Bertz CT molecular complexity index is 1270. The number of fused-ring (bicyclic) bond motifs is 2. The van der Waals surface area contributed by atoms with Crippen LogP contribution in [0.3, 0.4) is 0 Å². The Labute approximate surface area is 174 Å². The van der Waals surface area contributed by atoms with Gasteiger partial charge in [0, 0.05) is 11.4 Å². The SMILES string of the molecule is Cc1ccc2c(c1)c(N=NC(=O)COc1ccc3ccccc3c1)c(O)n2C(C)C. The molecular formula is C24H23N3O3. The Morgan fingerprint density at radius 2 is 1.83 bits per heavy atom. The Kier molecular flexibility index (Phi) is 5.23. The summed E-state index contributed by atoms with van der Waals surface area (Å²) in [5.74, 6) is 0.0605. The van der Waals surface area contributed by atoms with E-state index in [0.29, 0.717) is 11.4 Å². The van der Waals surface area contributed by atoms with Crippen LogP contribution in [-0.4, -0.2) is 22.2 Å². The van der Waals surface area contributed by atoms with Crippen LogP contribution in [0.25, 0.3) is 21.7 Å². The van der Waals surface area contributed by atoms with E-state index in [1.807, 2.05) is 81.4 Å². The quantitative estimate of drug-likeness (QED) is 0.412. The largest absolute Gasteiger partial charge is 0.493 e. The molecule has 1 amide bonds. The molecule has 6 heteroatoms. The second-order valence-corrected chi connectivity index (χ2v) is 7.55. The van der Waals surface area contributed by atoms with E-state index in [0.717, 1.165) is 27.2 Å². The highest BCUT2D eigenvalue weighted by molar-refractivity contribution is 5.96. The lowest BCUT2D eigenvalue weighted by atomic mass is 10.1. The number of azo groups is 1. The molecule has 0 aliphatic rings. The number of aromatic nitrogens is 1. The minimum Gasteiger partial charge on any atom is -0.493 e. The molecule has 4 rings (SSSR count). The minimum atomic E-state index is -0.527. The summed E-state index contributed by atoms with van der Waals surface area (Å²) in [5.41, 5.74) is 2.18. The van der Waals surface area contributed by atoms with Crippen molar-refractivity contribution < 1.29 is 14.6 Å². The van der Waals surface area contributed by atoms with Gasteiger partial charge in [-0.05, 0) is 55.8 Å².